The first kappa shape index (κ1) is 19.7. The van der Waals surface area contributed by atoms with E-state index < -0.39 is 0 Å². The summed E-state index contributed by atoms with van der Waals surface area (Å²) >= 11 is 7.10. The number of aromatic nitrogens is 3. The number of amides is 1. The highest BCUT2D eigenvalue weighted by molar-refractivity contribution is 7.99. The Balaban J connectivity index is 1.53. The number of hydrogen-bond acceptors (Lipinski definition) is 7. The van der Waals surface area contributed by atoms with E-state index in [0.717, 1.165) is 16.8 Å². The Morgan fingerprint density at radius 2 is 2.11 bits per heavy atom. The van der Waals surface area contributed by atoms with Crippen molar-refractivity contribution in [3.8, 4) is 0 Å². The monoisotopic (exact) mass is 415 g/mol. The number of benzene rings is 2. The summed E-state index contributed by atoms with van der Waals surface area (Å²) in [7, 11) is 0. The van der Waals surface area contributed by atoms with Crippen LogP contribution in [0, 0.1) is 6.92 Å². The minimum Gasteiger partial charge on any atom is -0.334 e. The number of hydrazone groups is 1. The van der Waals surface area contributed by atoms with Crippen molar-refractivity contribution in [3.63, 3.8) is 0 Å². The molecule has 0 fully saturated rings. The fraction of sp³-hybridized carbons (Fsp3) is 0.111. The Morgan fingerprint density at radius 1 is 1.29 bits per heavy atom. The van der Waals surface area contributed by atoms with Gasteiger partial charge in [-0.1, -0.05) is 47.6 Å². The third-order valence-electron chi connectivity index (χ3n) is 3.53. The lowest BCUT2D eigenvalue weighted by atomic mass is 10.2. The molecule has 0 saturated heterocycles. The maximum Gasteiger partial charge on any atom is 0.264 e. The summed E-state index contributed by atoms with van der Waals surface area (Å²) in [4.78, 5) is 12.1. The van der Waals surface area contributed by atoms with Crippen molar-refractivity contribution < 1.29 is 4.79 Å². The quantitative estimate of drug-likeness (QED) is 0.236. The molecule has 0 radical (unpaired) electrons. The maximum absolute atomic E-state index is 12.1. The van der Waals surface area contributed by atoms with E-state index in [1.54, 1.807) is 18.3 Å². The average molecular weight is 416 g/mol. The second kappa shape index (κ2) is 9.25. The van der Waals surface area contributed by atoms with Crippen LogP contribution in [0.1, 0.15) is 11.1 Å². The Labute approximate surface area is 171 Å². The van der Waals surface area contributed by atoms with Gasteiger partial charge in [0.05, 0.1) is 12.0 Å². The lowest BCUT2D eigenvalue weighted by molar-refractivity contribution is -0.113. The lowest BCUT2D eigenvalue weighted by Crippen LogP contribution is -2.16. The summed E-state index contributed by atoms with van der Waals surface area (Å²) < 4.78 is 1.24. The largest absolute Gasteiger partial charge is 0.334 e. The van der Waals surface area contributed by atoms with Crippen molar-refractivity contribution in [1.29, 1.82) is 0 Å². The lowest BCUT2D eigenvalue weighted by Gasteiger charge is -2.06. The zero-order valence-corrected chi connectivity index (χ0v) is 16.5. The van der Waals surface area contributed by atoms with Gasteiger partial charge in [0, 0.05) is 10.7 Å². The molecule has 10 heteroatoms. The molecule has 3 rings (SSSR count). The van der Waals surface area contributed by atoms with Crippen molar-refractivity contribution in [2.45, 2.75) is 12.1 Å². The van der Waals surface area contributed by atoms with Crippen LogP contribution in [-0.4, -0.2) is 32.7 Å². The van der Waals surface area contributed by atoms with Crippen molar-refractivity contribution in [3.05, 3.63) is 64.7 Å². The van der Waals surface area contributed by atoms with E-state index in [0.29, 0.717) is 10.2 Å². The van der Waals surface area contributed by atoms with Crippen molar-refractivity contribution >= 4 is 47.1 Å². The molecule has 1 amide bonds. The second-order valence-electron chi connectivity index (χ2n) is 5.81. The second-order valence-corrected chi connectivity index (χ2v) is 7.19. The van der Waals surface area contributed by atoms with Gasteiger partial charge >= 0.3 is 0 Å². The van der Waals surface area contributed by atoms with E-state index in [1.807, 2.05) is 43.3 Å². The summed E-state index contributed by atoms with van der Waals surface area (Å²) in [6.07, 6.45) is 1.59. The van der Waals surface area contributed by atoms with E-state index in [-0.39, 0.29) is 17.6 Å². The summed E-state index contributed by atoms with van der Waals surface area (Å²) in [5.41, 5.74) is 5.35. The van der Waals surface area contributed by atoms with Gasteiger partial charge in [0.2, 0.25) is 11.1 Å². The van der Waals surface area contributed by atoms with Gasteiger partial charge in [0.1, 0.15) is 0 Å². The molecule has 0 saturated carbocycles. The highest BCUT2D eigenvalue weighted by atomic mass is 35.5. The topological polar surface area (TPSA) is 110 Å². The zero-order chi connectivity index (χ0) is 19.9. The van der Waals surface area contributed by atoms with Gasteiger partial charge in [-0.3, -0.25) is 4.79 Å². The summed E-state index contributed by atoms with van der Waals surface area (Å²) in [5.74, 6) is 6.18. The molecule has 144 valence electrons. The molecular weight excluding hydrogens is 398 g/mol. The van der Waals surface area contributed by atoms with Gasteiger partial charge in [-0.15, -0.1) is 10.2 Å². The first-order chi connectivity index (χ1) is 13.5. The van der Waals surface area contributed by atoms with E-state index in [4.69, 9.17) is 17.4 Å². The van der Waals surface area contributed by atoms with Gasteiger partial charge in [0.15, 0.2) is 0 Å². The van der Waals surface area contributed by atoms with Crippen LogP contribution in [0.25, 0.3) is 0 Å². The summed E-state index contributed by atoms with van der Waals surface area (Å²) in [6.45, 7) is 1.96. The van der Waals surface area contributed by atoms with Gasteiger partial charge in [-0.25, -0.2) is 10.1 Å². The number of thioether (sulfide) groups is 1. The third-order valence-corrected chi connectivity index (χ3v) is 4.70. The zero-order valence-electron chi connectivity index (χ0n) is 15.0. The van der Waals surface area contributed by atoms with Crippen molar-refractivity contribution in [2.24, 2.45) is 5.10 Å². The van der Waals surface area contributed by atoms with E-state index in [1.165, 1.54) is 16.4 Å². The van der Waals surface area contributed by atoms with Crippen LogP contribution in [0.2, 0.25) is 5.02 Å². The van der Waals surface area contributed by atoms with Crippen LogP contribution in [0.3, 0.4) is 0 Å². The standard InChI is InChI=1S/C18H18ClN7OS/c1-12-4-2-7-15(8-12)22-16(27)11-28-18-25-24-17(26(18)20)23-21-10-13-5-3-6-14(19)9-13/h2-10H,11,20H2,1H3,(H,22,27)(H,23,24)/b21-10+. The number of hydrogen-bond donors (Lipinski definition) is 3. The highest BCUT2D eigenvalue weighted by Gasteiger charge is 2.12. The van der Waals surface area contributed by atoms with Gasteiger partial charge < -0.3 is 11.2 Å². The minimum absolute atomic E-state index is 0.148. The molecule has 28 heavy (non-hydrogen) atoms. The highest BCUT2D eigenvalue weighted by Crippen LogP contribution is 2.17. The van der Waals surface area contributed by atoms with Crippen LogP contribution >= 0.6 is 23.4 Å². The smallest absolute Gasteiger partial charge is 0.264 e. The van der Waals surface area contributed by atoms with Gasteiger partial charge in [-0.2, -0.15) is 5.10 Å². The van der Waals surface area contributed by atoms with Crippen LogP contribution in [0.15, 0.2) is 58.8 Å². The molecular formula is C18H18ClN7OS. The van der Waals surface area contributed by atoms with Crippen molar-refractivity contribution in [1.82, 2.24) is 14.9 Å². The predicted molar refractivity (Wildman–Crippen MR) is 113 cm³/mol. The van der Waals surface area contributed by atoms with Gasteiger partial charge in [0.25, 0.3) is 5.95 Å². The first-order valence-corrected chi connectivity index (χ1v) is 9.62. The molecule has 0 unspecified atom stereocenters. The van der Waals surface area contributed by atoms with Crippen LogP contribution in [-0.2, 0) is 4.79 Å². The number of nitrogen functional groups attached to an aromatic ring is 1. The predicted octanol–water partition coefficient (Wildman–Crippen LogP) is 3.13. The number of nitrogens with zero attached hydrogens (tertiary/aromatic N) is 4. The third kappa shape index (κ3) is 5.48. The molecule has 3 aromatic rings. The van der Waals surface area contributed by atoms with E-state index >= 15 is 0 Å². The molecule has 1 aromatic heterocycles. The molecule has 0 aliphatic heterocycles. The number of aryl methyl sites for hydroxylation is 1. The molecule has 2 aromatic carbocycles. The van der Waals surface area contributed by atoms with Crippen LogP contribution < -0.4 is 16.6 Å². The van der Waals surface area contributed by atoms with E-state index in [9.17, 15) is 4.79 Å². The van der Waals surface area contributed by atoms with E-state index in [2.05, 4.69) is 26.0 Å². The number of anilines is 2. The number of halogens is 1. The maximum atomic E-state index is 12.1. The number of nitrogens with two attached hydrogens (primary N) is 1. The Bertz CT molecular complexity index is 1010. The summed E-state index contributed by atoms with van der Waals surface area (Å²) in [6, 6.07) is 14.8. The molecule has 0 spiro atoms. The van der Waals surface area contributed by atoms with Crippen LogP contribution in [0.5, 0.6) is 0 Å². The molecule has 8 nitrogen and oxygen atoms in total. The number of carbonyl (C=O) groups is 1. The molecule has 0 atom stereocenters. The number of carbonyl (C=O) groups excluding carboxylic acids is 1. The minimum atomic E-state index is -0.160. The summed E-state index contributed by atoms with van der Waals surface area (Å²) in [5, 5.41) is 15.8. The number of rotatable bonds is 7. The first-order valence-electron chi connectivity index (χ1n) is 8.26. The molecule has 4 N–H and O–H groups in total. The fourth-order valence-corrected chi connectivity index (χ4v) is 3.11. The average Bonchev–Trinajstić information content (AvgIpc) is 3.00. The molecule has 0 aliphatic carbocycles. The Hall–Kier alpha value is -3.04. The Morgan fingerprint density at radius 3 is 2.89 bits per heavy atom. The molecule has 0 aliphatic rings. The fourth-order valence-electron chi connectivity index (χ4n) is 2.25. The molecule has 0 bridgehead atoms. The number of nitrogens with one attached hydrogen (secondary N) is 2. The normalized spacial score (nSPS) is 10.9. The molecule has 1 heterocycles. The SMILES string of the molecule is Cc1cccc(NC(=O)CSc2nnc(N/N=C/c3cccc(Cl)c3)n2N)c1. The van der Waals surface area contributed by atoms with Crippen LogP contribution in [0.4, 0.5) is 11.6 Å². The Kier molecular flexibility index (Phi) is 6.51. The van der Waals surface area contributed by atoms with Crippen molar-refractivity contribution in [2.75, 3.05) is 22.3 Å². The van der Waals surface area contributed by atoms with Gasteiger partial charge in [-0.05, 0) is 42.3 Å².